The lowest BCUT2D eigenvalue weighted by molar-refractivity contribution is -0.0552. The minimum atomic E-state index is 0.116. The van der Waals surface area contributed by atoms with E-state index in [0.717, 1.165) is 30.1 Å². The summed E-state index contributed by atoms with van der Waals surface area (Å²) < 4.78 is 6.18. The molecule has 100 valence electrons. The van der Waals surface area contributed by atoms with Crippen LogP contribution in [-0.2, 0) is 4.74 Å². The fourth-order valence-corrected chi connectivity index (χ4v) is 2.61. The van der Waals surface area contributed by atoms with Crippen molar-refractivity contribution in [2.45, 2.75) is 39.4 Å². The maximum atomic E-state index is 6.18. The summed E-state index contributed by atoms with van der Waals surface area (Å²) >= 11 is 6.03. The van der Waals surface area contributed by atoms with E-state index >= 15 is 0 Å². The number of rotatable bonds is 2. The van der Waals surface area contributed by atoms with Gasteiger partial charge in [-0.15, -0.1) is 0 Å². The summed E-state index contributed by atoms with van der Waals surface area (Å²) in [5, 5.41) is 4.23. The molecule has 2 atom stereocenters. The van der Waals surface area contributed by atoms with E-state index in [-0.39, 0.29) is 12.2 Å². The Labute approximate surface area is 115 Å². The second kappa shape index (κ2) is 5.60. The average Bonchev–Trinajstić information content (AvgIpc) is 2.27. The van der Waals surface area contributed by atoms with Crippen LogP contribution in [0.3, 0.4) is 0 Å². The van der Waals surface area contributed by atoms with Crippen molar-refractivity contribution >= 4 is 11.6 Å². The Bertz CT molecular complexity index is 400. The Balaban J connectivity index is 2.02. The Morgan fingerprint density at radius 1 is 1.33 bits per heavy atom. The zero-order valence-electron chi connectivity index (χ0n) is 11.4. The third kappa shape index (κ3) is 3.98. The van der Waals surface area contributed by atoms with Crippen LogP contribution in [0.4, 0.5) is 0 Å². The Hall–Kier alpha value is -0.570. The highest BCUT2D eigenvalue weighted by molar-refractivity contribution is 6.30. The predicted molar refractivity (Wildman–Crippen MR) is 76.0 cm³/mol. The van der Waals surface area contributed by atoms with Crippen molar-refractivity contribution in [2.24, 2.45) is 5.41 Å². The Kier molecular flexibility index (Phi) is 4.31. The van der Waals surface area contributed by atoms with Gasteiger partial charge < -0.3 is 10.1 Å². The molecule has 1 fully saturated rings. The van der Waals surface area contributed by atoms with Gasteiger partial charge in [-0.25, -0.2) is 0 Å². The van der Waals surface area contributed by atoms with E-state index < -0.39 is 0 Å². The average molecular weight is 268 g/mol. The maximum Gasteiger partial charge on any atom is 0.0954 e. The van der Waals surface area contributed by atoms with Gasteiger partial charge in [0.1, 0.15) is 0 Å². The molecular weight excluding hydrogens is 246 g/mol. The van der Waals surface area contributed by atoms with E-state index in [9.17, 15) is 0 Å². The van der Waals surface area contributed by atoms with Gasteiger partial charge in [-0.3, -0.25) is 0 Å². The predicted octanol–water partition coefficient (Wildman–Crippen LogP) is 3.81. The molecule has 1 N–H and O–H groups in total. The second-order valence-electron chi connectivity index (χ2n) is 6.22. The number of nitrogens with one attached hydrogen (secondary N) is 1. The van der Waals surface area contributed by atoms with Crippen molar-refractivity contribution in [2.75, 3.05) is 13.1 Å². The first-order chi connectivity index (χ1) is 8.44. The first-order valence-corrected chi connectivity index (χ1v) is 6.93. The quantitative estimate of drug-likeness (QED) is 0.880. The van der Waals surface area contributed by atoms with Crippen LogP contribution >= 0.6 is 11.6 Å². The molecule has 18 heavy (non-hydrogen) atoms. The highest BCUT2D eigenvalue weighted by atomic mass is 35.5. The lowest BCUT2D eigenvalue weighted by atomic mass is 9.88. The molecule has 0 aromatic heterocycles. The molecule has 1 aromatic rings. The summed E-state index contributed by atoms with van der Waals surface area (Å²) in [6, 6.07) is 7.95. The van der Waals surface area contributed by atoms with Gasteiger partial charge in [0.05, 0.1) is 12.2 Å². The van der Waals surface area contributed by atoms with Gasteiger partial charge in [0, 0.05) is 18.1 Å². The standard InChI is InChI=1S/C15H22ClNO/c1-15(2,3)8-13-9-17-10-14(18-13)11-5-4-6-12(16)7-11/h4-7,13-14,17H,8-10H2,1-3H3. The zero-order chi connectivity index (χ0) is 13.2. The topological polar surface area (TPSA) is 21.3 Å². The number of benzene rings is 1. The van der Waals surface area contributed by atoms with Crippen LogP contribution in [0.15, 0.2) is 24.3 Å². The summed E-state index contributed by atoms with van der Waals surface area (Å²) in [4.78, 5) is 0. The summed E-state index contributed by atoms with van der Waals surface area (Å²) in [7, 11) is 0. The number of halogens is 1. The van der Waals surface area contributed by atoms with Gasteiger partial charge >= 0.3 is 0 Å². The SMILES string of the molecule is CC(C)(C)CC1CNCC(c2cccc(Cl)c2)O1. The summed E-state index contributed by atoms with van der Waals surface area (Å²) in [6.07, 6.45) is 1.46. The number of hydrogen-bond donors (Lipinski definition) is 1. The van der Waals surface area contributed by atoms with Crippen molar-refractivity contribution in [3.05, 3.63) is 34.9 Å². The molecule has 0 saturated carbocycles. The monoisotopic (exact) mass is 267 g/mol. The van der Waals surface area contributed by atoms with Crippen LogP contribution in [0, 0.1) is 5.41 Å². The highest BCUT2D eigenvalue weighted by Crippen LogP contribution is 2.29. The maximum absolute atomic E-state index is 6.18. The highest BCUT2D eigenvalue weighted by Gasteiger charge is 2.27. The van der Waals surface area contributed by atoms with E-state index in [0.29, 0.717) is 5.41 Å². The molecule has 2 unspecified atom stereocenters. The molecule has 1 saturated heterocycles. The van der Waals surface area contributed by atoms with E-state index in [1.807, 2.05) is 18.2 Å². The van der Waals surface area contributed by atoms with Crippen LogP contribution in [0.5, 0.6) is 0 Å². The summed E-state index contributed by atoms with van der Waals surface area (Å²) in [6.45, 7) is 8.55. The second-order valence-corrected chi connectivity index (χ2v) is 6.66. The Morgan fingerprint density at radius 2 is 2.11 bits per heavy atom. The fraction of sp³-hybridized carbons (Fsp3) is 0.600. The van der Waals surface area contributed by atoms with Crippen LogP contribution in [0.2, 0.25) is 5.02 Å². The molecule has 1 aliphatic rings. The van der Waals surface area contributed by atoms with E-state index in [1.54, 1.807) is 0 Å². The van der Waals surface area contributed by atoms with Crippen molar-refractivity contribution < 1.29 is 4.74 Å². The largest absolute Gasteiger partial charge is 0.368 e. The first-order valence-electron chi connectivity index (χ1n) is 6.56. The van der Waals surface area contributed by atoms with Crippen LogP contribution in [0.1, 0.15) is 38.9 Å². The molecule has 0 radical (unpaired) electrons. The van der Waals surface area contributed by atoms with Gasteiger partial charge in [0.15, 0.2) is 0 Å². The van der Waals surface area contributed by atoms with Crippen LogP contribution in [0.25, 0.3) is 0 Å². The number of morpholine rings is 1. The minimum absolute atomic E-state index is 0.116. The summed E-state index contributed by atoms with van der Waals surface area (Å²) in [5.41, 5.74) is 1.45. The summed E-state index contributed by atoms with van der Waals surface area (Å²) in [5.74, 6) is 0. The zero-order valence-corrected chi connectivity index (χ0v) is 12.1. The Morgan fingerprint density at radius 3 is 2.78 bits per heavy atom. The third-order valence-electron chi connectivity index (χ3n) is 3.12. The molecule has 1 heterocycles. The van der Waals surface area contributed by atoms with Crippen molar-refractivity contribution in [1.82, 2.24) is 5.32 Å². The van der Waals surface area contributed by atoms with Gasteiger partial charge in [-0.2, -0.15) is 0 Å². The minimum Gasteiger partial charge on any atom is -0.368 e. The van der Waals surface area contributed by atoms with Crippen LogP contribution < -0.4 is 5.32 Å². The van der Waals surface area contributed by atoms with Crippen molar-refractivity contribution in [1.29, 1.82) is 0 Å². The van der Waals surface area contributed by atoms with Crippen LogP contribution in [-0.4, -0.2) is 19.2 Å². The number of hydrogen-bond acceptors (Lipinski definition) is 2. The van der Waals surface area contributed by atoms with E-state index in [1.165, 1.54) is 0 Å². The fourth-order valence-electron chi connectivity index (χ4n) is 2.41. The number of ether oxygens (including phenoxy) is 1. The van der Waals surface area contributed by atoms with E-state index in [2.05, 4.69) is 32.2 Å². The lowest BCUT2D eigenvalue weighted by Crippen LogP contribution is -2.42. The third-order valence-corrected chi connectivity index (χ3v) is 3.35. The molecular formula is C15H22ClNO. The van der Waals surface area contributed by atoms with Gasteiger partial charge in [0.2, 0.25) is 0 Å². The molecule has 3 heteroatoms. The van der Waals surface area contributed by atoms with Gasteiger partial charge in [-0.1, -0.05) is 44.5 Å². The normalized spacial score (nSPS) is 25.1. The molecule has 1 aliphatic heterocycles. The van der Waals surface area contributed by atoms with Crippen molar-refractivity contribution in [3.8, 4) is 0 Å². The lowest BCUT2D eigenvalue weighted by Gasteiger charge is -2.34. The molecule has 0 amide bonds. The van der Waals surface area contributed by atoms with Gasteiger partial charge in [0.25, 0.3) is 0 Å². The van der Waals surface area contributed by atoms with Crippen molar-refractivity contribution in [3.63, 3.8) is 0 Å². The van der Waals surface area contributed by atoms with Gasteiger partial charge in [-0.05, 0) is 29.5 Å². The molecule has 2 rings (SSSR count). The van der Waals surface area contributed by atoms with E-state index in [4.69, 9.17) is 16.3 Å². The molecule has 2 nitrogen and oxygen atoms in total. The smallest absolute Gasteiger partial charge is 0.0954 e. The molecule has 0 aliphatic carbocycles. The first kappa shape index (κ1) is 13.9. The molecule has 1 aromatic carbocycles. The molecule has 0 spiro atoms. The molecule has 0 bridgehead atoms.